The highest BCUT2D eigenvalue weighted by molar-refractivity contribution is 5.75. The largest absolute Gasteiger partial charge is 0.481 e. The quantitative estimate of drug-likeness (QED) is 0.684. The lowest BCUT2D eigenvalue weighted by atomic mass is 9.98. The van der Waals surface area contributed by atoms with Crippen LogP contribution >= 0.6 is 0 Å². The summed E-state index contributed by atoms with van der Waals surface area (Å²) in [5.41, 5.74) is 0. The number of rotatable bonds is 9. The third kappa shape index (κ3) is 6.22. The van der Waals surface area contributed by atoms with E-state index >= 15 is 0 Å². The molecular formula is C16H30N2O4. The van der Waals surface area contributed by atoms with Gasteiger partial charge in [0.25, 0.3) is 0 Å². The molecule has 1 saturated carbocycles. The van der Waals surface area contributed by atoms with E-state index in [-0.39, 0.29) is 18.7 Å². The summed E-state index contributed by atoms with van der Waals surface area (Å²) in [6.45, 7) is 5.06. The van der Waals surface area contributed by atoms with E-state index < -0.39 is 11.9 Å². The van der Waals surface area contributed by atoms with Crippen molar-refractivity contribution >= 4 is 12.0 Å². The molecule has 2 unspecified atom stereocenters. The average molecular weight is 314 g/mol. The molecule has 6 heteroatoms. The Morgan fingerprint density at radius 2 is 2.00 bits per heavy atom. The van der Waals surface area contributed by atoms with Gasteiger partial charge in [0.1, 0.15) is 0 Å². The molecule has 6 nitrogen and oxygen atoms in total. The highest BCUT2D eigenvalue weighted by atomic mass is 16.5. The number of carbonyl (C=O) groups excluding carboxylic acids is 1. The number of hydrogen-bond acceptors (Lipinski definition) is 3. The van der Waals surface area contributed by atoms with Crippen molar-refractivity contribution in [1.82, 2.24) is 10.2 Å². The predicted molar refractivity (Wildman–Crippen MR) is 84.8 cm³/mol. The number of nitrogens with zero attached hydrogens (tertiary/aromatic N) is 1. The van der Waals surface area contributed by atoms with Crippen molar-refractivity contribution in [3.8, 4) is 0 Å². The third-order valence-corrected chi connectivity index (χ3v) is 4.33. The number of aliphatic carboxylic acids is 1. The van der Waals surface area contributed by atoms with Crippen LogP contribution in [-0.2, 0) is 9.53 Å². The van der Waals surface area contributed by atoms with E-state index in [1.165, 1.54) is 30.6 Å². The summed E-state index contributed by atoms with van der Waals surface area (Å²) in [4.78, 5) is 24.2. The van der Waals surface area contributed by atoms with Gasteiger partial charge < -0.3 is 20.1 Å². The van der Waals surface area contributed by atoms with Crippen LogP contribution in [0.15, 0.2) is 0 Å². The Bertz CT molecular complexity index is 356. The summed E-state index contributed by atoms with van der Waals surface area (Å²) in [5, 5.41) is 11.7. The molecule has 1 rings (SSSR count). The van der Waals surface area contributed by atoms with Crippen LogP contribution in [-0.4, -0.2) is 54.9 Å². The van der Waals surface area contributed by atoms with Gasteiger partial charge in [-0.05, 0) is 32.1 Å². The van der Waals surface area contributed by atoms with Crippen molar-refractivity contribution < 1.29 is 19.4 Å². The molecule has 0 heterocycles. The lowest BCUT2D eigenvalue weighted by Gasteiger charge is -2.24. The summed E-state index contributed by atoms with van der Waals surface area (Å²) < 4.78 is 5.82. The second-order valence-electron chi connectivity index (χ2n) is 6.18. The zero-order chi connectivity index (χ0) is 16.5. The lowest BCUT2D eigenvalue weighted by Crippen LogP contribution is -2.42. The molecular weight excluding hydrogens is 284 g/mol. The standard InChI is InChI=1S/C16H30N2O4/c1-4-22-14(13-7-5-6-8-13)9-10-17-16(21)18(3)11-12(2)15(19)20/h12-14H,4-11H2,1-3H3,(H,17,21)(H,19,20). The fourth-order valence-electron chi connectivity index (χ4n) is 3.03. The minimum atomic E-state index is -0.891. The first-order chi connectivity index (χ1) is 10.5. The highest BCUT2D eigenvalue weighted by Crippen LogP contribution is 2.30. The molecule has 0 aromatic carbocycles. The van der Waals surface area contributed by atoms with Crippen molar-refractivity contribution in [1.29, 1.82) is 0 Å². The van der Waals surface area contributed by atoms with Crippen molar-refractivity contribution in [3.63, 3.8) is 0 Å². The van der Waals surface area contributed by atoms with Gasteiger partial charge in [-0.2, -0.15) is 0 Å². The number of carboxylic acid groups (broad SMARTS) is 1. The molecule has 1 aliphatic rings. The van der Waals surface area contributed by atoms with Crippen LogP contribution in [0.5, 0.6) is 0 Å². The monoisotopic (exact) mass is 314 g/mol. The molecule has 0 spiro atoms. The molecule has 2 amide bonds. The SMILES string of the molecule is CCOC(CCNC(=O)N(C)CC(C)C(=O)O)C1CCCC1. The van der Waals surface area contributed by atoms with E-state index in [4.69, 9.17) is 9.84 Å². The van der Waals surface area contributed by atoms with Gasteiger partial charge in [-0.1, -0.05) is 19.8 Å². The van der Waals surface area contributed by atoms with E-state index in [9.17, 15) is 9.59 Å². The first-order valence-corrected chi connectivity index (χ1v) is 8.29. The van der Waals surface area contributed by atoms with Crippen molar-refractivity contribution in [2.75, 3.05) is 26.7 Å². The van der Waals surface area contributed by atoms with Gasteiger partial charge in [-0.25, -0.2) is 4.79 Å². The van der Waals surface area contributed by atoms with Crippen LogP contribution in [0.4, 0.5) is 4.79 Å². The van der Waals surface area contributed by atoms with Crippen molar-refractivity contribution in [3.05, 3.63) is 0 Å². The van der Waals surface area contributed by atoms with Gasteiger partial charge >= 0.3 is 12.0 Å². The molecule has 0 bridgehead atoms. The molecule has 1 fully saturated rings. The molecule has 0 radical (unpaired) electrons. The van der Waals surface area contributed by atoms with Gasteiger partial charge in [0, 0.05) is 26.7 Å². The summed E-state index contributed by atoms with van der Waals surface area (Å²) in [6, 6.07) is -0.227. The fraction of sp³-hybridized carbons (Fsp3) is 0.875. The van der Waals surface area contributed by atoms with Gasteiger partial charge in [-0.3, -0.25) is 4.79 Å². The molecule has 0 aromatic rings. The second-order valence-corrected chi connectivity index (χ2v) is 6.18. The van der Waals surface area contributed by atoms with Gasteiger partial charge in [0.2, 0.25) is 0 Å². The molecule has 2 atom stereocenters. The normalized spacial score (nSPS) is 18.0. The van der Waals surface area contributed by atoms with Crippen LogP contribution in [0.2, 0.25) is 0 Å². The molecule has 128 valence electrons. The smallest absolute Gasteiger partial charge is 0.317 e. The molecule has 2 N–H and O–H groups in total. The van der Waals surface area contributed by atoms with E-state index in [1.54, 1.807) is 14.0 Å². The van der Waals surface area contributed by atoms with Crippen LogP contribution < -0.4 is 5.32 Å². The van der Waals surface area contributed by atoms with Crippen molar-refractivity contribution in [2.24, 2.45) is 11.8 Å². The number of urea groups is 1. The first kappa shape index (κ1) is 18.7. The van der Waals surface area contributed by atoms with Crippen LogP contribution in [0, 0.1) is 11.8 Å². The van der Waals surface area contributed by atoms with E-state index in [1.807, 2.05) is 6.92 Å². The lowest BCUT2D eigenvalue weighted by molar-refractivity contribution is -0.141. The number of hydrogen-bond donors (Lipinski definition) is 2. The Balaban J connectivity index is 2.30. The summed E-state index contributed by atoms with van der Waals surface area (Å²) in [7, 11) is 1.62. The van der Waals surface area contributed by atoms with Gasteiger partial charge in [-0.15, -0.1) is 0 Å². The summed E-state index contributed by atoms with van der Waals surface area (Å²) >= 11 is 0. The number of nitrogens with one attached hydrogen (secondary N) is 1. The summed E-state index contributed by atoms with van der Waals surface area (Å²) in [6.07, 6.45) is 6.01. The van der Waals surface area contributed by atoms with E-state index in [0.29, 0.717) is 19.1 Å². The van der Waals surface area contributed by atoms with E-state index in [0.717, 1.165) is 6.42 Å². The van der Waals surface area contributed by atoms with E-state index in [2.05, 4.69) is 5.32 Å². The minimum absolute atomic E-state index is 0.207. The zero-order valence-electron chi connectivity index (χ0n) is 14.0. The van der Waals surface area contributed by atoms with Crippen LogP contribution in [0.25, 0.3) is 0 Å². The fourth-order valence-corrected chi connectivity index (χ4v) is 3.03. The number of amides is 2. The van der Waals surface area contributed by atoms with Gasteiger partial charge in [0.15, 0.2) is 0 Å². The summed E-state index contributed by atoms with van der Waals surface area (Å²) in [5.74, 6) is -0.843. The second kappa shape index (κ2) is 9.66. The Hall–Kier alpha value is -1.30. The number of carbonyl (C=O) groups is 2. The molecule has 22 heavy (non-hydrogen) atoms. The maximum atomic E-state index is 11.9. The van der Waals surface area contributed by atoms with Crippen molar-refractivity contribution in [2.45, 2.75) is 52.1 Å². The van der Waals surface area contributed by atoms with Crippen LogP contribution in [0.1, 0.15) is 46.0 Å². The minimum Gasteiger partial charge on any atom is -0.481 e. The Kier molecular flexibility index (Phi) is 8.24. The topological polar surface area (TPSA) is 78.9 Å². The van der Waals surface area contributed by atoms with Gasteiger partial charge in [0.05, 0.1) is 12.0 Å². The molecule has 1 aliphatic carbocycles. The molecule has 0 aromatic heterocycles. The Morgan fingerprint density at radius 3 is 2.55 bits per heavy atom. The Labute approximate surface area is 133 Å². The predicted octanol–water partition coefficient (Wildman–Crippen LogP) is 2.33. The first-order valence-electron chi connectivity index (χ1n) is 8.29. The maximum absolute atomic E-state index is 11.9. The Morgan fingerprint density at radius 1 is 1.36 bits per heavy atom. The maximum Gasteiger partial charge on any atom is 0.317 e. The number of carboxylic acids is 1. The van der Waals surface area contributed by atoms with Crippen LogP contribution in [0.3, 0.4) is 0 Å². The zero-order valence-corrected chi connectivity index (χ0v) is 14.0. The highest BCUT2D eigenvalue weighted by Gasteiger charge is 2.25. The molecule has 0 saturated heterocycles. The average Bonchev–Trinajstić information content (AvgIpc) is 2.99. The third-order valence-electron chi connectivity index (χ3n) is 4.33. The number of ether oxygens (including phenoxy) is 1. The molecule has 0 aliphatic heterocycles.